The molecule has 3 aromatic rings. The lowest BCUT2D eigenvalue weighted by Crippen LogP contribution is -2.23. The van der Waals surface area contributed by atoms with Gasteiger partial charge in [0, 0.05) is 29.1 Å². The van der Waals surface area contributed by atoms with E-state index in [-0.39, 0.29) is 28.0 Å². The summed E-state index contributed by atoms with van der Waals surface area (Å²) in [6.07, 6.45) is -5.11. The van der Waals surface area contributed by atoms with Gasteiger partial charge in [-0.05, 0) is 50.1 Å². The SMILES string of the molecule is CS(=O)c1nc2[nH]c3ccc(C(F)(F)F)cc3c2cc1C(F)(F)F.OC1CCCCNC1. The molecule has 0 amide bonds. The topological polar surface area (TPSA) is 78.0 Å². The molecule has 1 aliphatic heterocycles. The van der Waals surface area contributed by atoms with E-state index in [9.17, 15) is 30.6 Å². The lowest BCUT2D eigenvalue weighted by molar-refractivity contribution is -0.140. The number of aromatic amines is 1. The van der Waals surface area contributed by atoms with Gasteiger partial charge in [-0.25, -0.2) is 4.98 Å². The average molecular weight is 481 g/mol. The van der Waals surface area contributed by atoms with Crippen molar-refractivity contribution in [1.29, 1.82) is 0 Å². The van der Waals surface area contributed by atoms with Crippen LogP contribution in [0.4, 0.5) is 26.3 Å². The molecule has 2 aromatic heterocycles. The van der Waals surface area contributed by atoms with Crippen molar-refractivity contribution < 1.29 is 35.7 Å². The number of fused-ring (bicyclic) bond motifs is 3. The highest BCUT2D eigenvalue weighted by atomic mass is 32.2. The minimum atomic E-state index is -4.83. The fraction of sp³-hybridized carbons (Fsp3) is 0.450. The largest absolute Gasteiger partial charge is 0.419 e. The van der Waals surface area contributed by atoms with E-state index in [2.05, 4.69) is 15.3 Å². The number of benzene rings is 1. The maximum absolute atomic E-state index is 13.1. The molecular weight excluding hydrogens is 460 g/mol. The second-order valence-electron chi connectivity index (χ2n) is 7.43. The predicted molar refractivity (Wildman–Crippen MR) is 109 cm³/mol. The van der Waals surface area contributed by atoms with Gasteiger partial charge in [-0.1, -0.05) is 0 Å². The Bertz CT molecular complexity index is 1120. The Kier molecular flexibility index (Phi) is 7.15. The number of hydrogen-bond donors (Lipinski definition) is 3. The highest BCUT2D eigenvalue weighted by Gasteiger charge is 2.36. The van der Waals surface area contributed by atoms with Crippen LogP contribution in [0.25, 0.3) is 21.9 Å². The Morgan fingerprint density at radius 2 is 1.78 bits per heavy atom. The van der Waals surface area contributed by atoms with Crippen LogP contribution in [0.2, 0.25) is 0 Å². The van der Waals surface area contributed by atoms with E-state index in [0.717, 1.165) is 44.0 Å². The first kappa shape index (κ1) is 24.5. The molecule has 1 aliphatic rings. The summed E-state index contributed by atoms with van der Waals surface area (Å²) in [6.45, 7) is 1.87. The molecule has 2 unspecified atom stereocenters. The Morgan fingerprint density at radius 3 is 2.41 bits per heavy atom. The van der Waals surface area contributed by atoms with Crippen LogP contribution in [0.15, 0.2) is 29.3 Å². The first-order chi connectivity index (χ1) is 14.9. The van der Waals surface area contributed by atoms with Crippen molar-refractivity contribution in [3.05, 3.63) is 35.4 Å². The molecule has 0 aliphatic carbocycles. The maximum atomic E-state index is 13.1. The Balaban J connectivity index is 0.000000305. The number of aromatic nitrogens is 2. The van der Waals surface area contributed by atoms with Crippen LogP contribution in [0.3, 0.4) is 0 Å². The lowest BCUT2D eigenvalue weighted by atomic mass is 10.1. The summed E-state index contributed by atoms with van der Waals surface area (Å²) in [7, 11) is -2.01. The van der Waals surface area contributed by atoms with Gasteiger partial charge in [0.05, 0.1) is 28.0 Å². The third-order valence-electron chi connectivity index (χ3n) is 4.98. The molecule has 1 saturated heterocycles. The number of pyridine rings is 1. The molecule has 176 valence electrons. The molecule has 4 rings (SSSR count). The standard InChI is InChI=1S/C14H8F6N2OS.C6H13NO/c1-24(23)12-9(14(18,19)20)5-8-7-4-6(13(15,16)17)2-3-10(7)21-11(8)22-12;8-6-3-1-2-4-7-5-6/h2-5H,1H3,(H,21,22);6-8H,1-5H2. The molecule has 1 fully saturated rings. The number of hydrogen-bond acceptors (Lipinski definition) is 4. The van der Waals surface area contributed by atoms with Crippen LogP contribution in [-0.4, -0.2) is 44.7 Å². The summed E-state index contributed by atoms with van der Waals surface area (Å²) in [5, 5.41) is 11.4. The van der Waals surface area contributed by atoms with E-state index in [1.807, 2.05) is 0 Å². The second kappa shape index (κ2) is 9.36. The van der Waals surface area contributed by atoms with Crippen LogP contribution in [0.5, 0.6) is 0 Å². The van der Waals surface area contributed by atoms with Crippen molar-refractivity contribution >= 4 is 32.7 Å². The van der Waals surface area contributed by atoms with E-state index in [4.69, 9.17) is 5.11 Å². The molecule has 3 N–H and O–H groups in total. The van der Waals surface area contributed by atoms with Crippen LogP contribution in [-0.2, 0) is 23.2 Å². The highest BCUT2D eigenvalue weighted by Crippen LogP contribution is 2.38. The van der Waals surface area contributed by atoms with Gasteiger partial charge in [0.2, 0.25) is 0 Å². The fourth-order valence-corrected chi connectivity index (χ4v) is 4.10. The zero-order chi connectivity index (χ0) is 23.7. The Morgan fingerprint density at radius 1 is 1.06 bits per heavy atom. The van der Waals surface area contributed by atoms with Gasteiger partial charge in [-0.2, -0.15) is 26.3 Å². The molecule has 5 nitrogen and oxygen atoms in total. The minimum Gasteiger partial charge on any atom is -0.392 e. The Labute approximate surface area is 181 Å². The van der Waals surface area contributed by atoms with Crippen molar-refractivity contribution in [2.24, 2.45) is 0 Å². The molecular formula is C20H21F6N3O2S. The first-order valence-corrected chi connectivity index (χ1v) is 11.3. The number of nitrogens with zero attached hydrogens (tertiary/aromatic N) is 1. The summed E-state index contributed by atoms with van der Waals surface area (Å²) in [4.78, 5) is 6.36. The van der Waals surface area contributed by atoms with Gasteiger partial charge >= 0.3 is 12.4 Å². The number of aliphatic hydroxyl groups is 1. The van der Waals surface area contributed by atoms with Crippen molar-refractivity contribution in [2.45, 2.75) is 42.7 Å². The van der Waals surface area contributed by atoms with E-state index in [1.54, 1.807) is 0 Å². The fourth-order valence-electron chi connectivity index (χ4n) is 3.40. The average Bonchev–Trinajstić information content (AvgIpc) is 2.87. The second-order valence-corrected chi connectivity index (χ2v) is 8.72. The van der Waals surface area contributed by atoms with E-state index < -0.39 is 39.3 Å². The summed E-state index contributed by atoms with van der Waals surface area (Å²) in [5.41, 5.74) is -2.05. The molecule has 0 spiro atoms. The third kappa shape index (κ3) is 5.59. The minimum absolute atomic E-state index is 0.0359. The normalized spacial score (nSPS) is 18.8. The van der Waals surface area contributed by atoms with Gasteiger partial charge in [0.25, 0.3) is 0 Å². The molecule has 3 heterocycles. The molecule has 2 atom stereocenters. The summed E-state index contributed by atoms with van der Waals surface area (Å²) in [5.74, 6) is 0. The zero-order valence-electron chi connectivity index (χ0n) is 16.9. The lowest BCUT2D eigenvalue weighted by Gasteiger charge is -2.10. The van der Waals surface area contributed by atoms with Gasteiger partial charge in [-0.15, -0.1) is 0 Å². The molecule has 1 aromatic carbocycles. The molecule has 12 heteroatoms. The monoisotopic (exact) mass is 481 g/mol. The summed E-state index contributed by atoms with van der Waals surface area (Å²) >= 11 is 0. The van der Waals surface area contributed by atoms with Gasteiger partial charge in [-0.3, -0.25) is 4.21 Å². The van der Waals surface area contributed by atoms with Gasteiger partial charge < -0.3 is 15.4 Å². The molecule has 0 saturated carbocycles. The first-order valence-electron chi connectivity index (χ1n) is 9.71. The number of alkyl halides is 6. The van der Waals surface area contributed by atoms with Gasteiger partial charge in [0.15, 0.2) is 0 Å². The molecule has 32 heavy (non-hydrogen) atoms. The van der Waals surface area contributed by atoms with Crippen LogP contribution >= 0.6 is 0 Å². The maximum Gasteiger partial charge on any atom is 0.419 e. The number of nitrogens with one attached hydrogen (secondary N) is 2. The van der Waals surface area contributed by atoms with Crippen molar-refractivity contribution in [3.63, 3.8) is 0 Å². The predicted octanol–water partition coefficient (Wildman–Crippen LogP) is 4.61. The van der Waals surface area contributed by atoms with E-state index in [0.29, 0.717) is 6.07 Å². The quantitative estimate of drug-likeness (QED) is 0.444. The molecule has 0 bridgehead atoms. The van der Waals surface area contributed by atoms with Gasteiger partial charge in [0.1, 0.15) is 10.7 Å². The number of H-pyrrole nitrogens is 1. The van der Waals surface area contributed by atoms with Crippen molar-refractivity contribution in [2.75, 3.05) is 19.3 Å². The zero-order valence-corrected chi connectivity index (χ0v) is 17.7. The summed E-state index contributed by atoms with van der Waals surface area (Å²) < 4.78 is 89.4. The Hall–Kier alpha value is -2.18. The third-order valence-corrected chi connectivity index (χ3v) is 5.83. The summed E-state index contributed by atoms with van der Waals surface area (Å²) in [6, 6.07) is 3.38. The number of aliphatic hydroxyl groups excluding tert-OH is 1. The number of rotatable bonds is 1. The van der Waals surface area contributed by atoms with Crippen LogP contribution < -0.4 is 5.32 Å². The van der Waals surface area contributed by atoms with Crippen molar-refractivity contribution in [1.82, 2.24) is 15.3 Å². The molecule has 0 radical (unpaired) electrons. The highest BCUT2D eigenvalue weighted by molar-refractivity contribution is 7.84. The smallest absolute Gasteiger partial charge is 0.392 e. The number of β-amino-alcohol motifs (C(OH)–C–C–N with tert-alkyl or cyclic N) is 1. The van der Waals surface area contributed by atoms with Crippen molar-refractivity contribution in [3.8, 4) is 0 Å². The van der Waals surface area contributed by atoms with E-state index in [1.165, 1.54) is 12.8 Å². The van der Waals surface area contributed by atoms with Crippen LogP contribution in [0, 0.1) is 0 Å². The number of halogens is 6. The van der Waals surface area contributed by atoms with Crippen LogP contribution in [0.1, 0.15) is 30.4 Å². The van der Waals surface area contributed by atoms with E-state index >= 15 is 0 Å².